The van der Waals surface area contributed by atoms with Crippen LogP contribution >= 0.6 is 0 Å². The Bertz CT molecular complexity index is 609. The lowest BCUT2D eigenvalue weighted by molar-refractivity contribution is 0.273. The van der Waals surface area contributed by atoms with Gasteiger partial charge in [-0.2, -0.15) is 0 Å². The van der Waals surface area contributed by atoms with Crippen molar-refractivity contribution in [2.24, 2.45) is 0 Å². The van der Waals surface area contributed by atoms with E-state index in [0.717, 1.165) is 6.42 Å². The molecule has 4 heteroatoms. The van der Waals surface area contributed by atoms with Crippen molar-refractivity contribution in [3.8, 4) is 11.6 Å². The Morgan fingerprint density at radius 2 is 1.86 bits per heavy atom. The Labute approximate surface area is 124 Å². The first-order chi connectivity index (χ1) is 9.97. The fourth-order valence-electron chi connectivity index (χ4n) is 1.95. The number of rotatable bonds is 5. The monoisotopic (exact) mass is 289 g/mol. The molecule has 0 saturated heterocycles. The minimum atomic E-state index is -0.627. The summed E-state index contributed by atoms with van der Waals surface area (Å²) >= 11 is 0. The van der Waals surface area contributed by atoms with Crippen LogP contribution in [0.25, 0.3) is 0 Å². The lowest BCUT2D eigenvalue weighted by Gasteiger charge is -2.23. The summed E-state index contributed by atoms with van der Waals surface area (Å²) in [5.74, 6) is -0.228. The van der Waals surface area contributed by atoms with Crippen LogP contribution in [-0.2, 0) is 12.0 Å². The van der Waals surface area contributed by atoms with Gasteiger partial charge in [-0.05, 0) is 35.6 Å². The van der Waals surface area contributed by atoms with Gasteiger partial charge < -0.3 is 9.84 Å². The summed E-state index contributed by atoms with van der Waals surface area (Å²) in [6, 6.07) is 8.99. The molecule has 0 bridgehead atoms. The van der Waals surface area contributed by atoms with Crippen LogP contribution in [0.2, 0.25) is 0 Å². The predicted octanol–water partition coefficient (Wildman–Crippen LogP) is 4.19. The van der Waals surface area contributed by atoms with Crippen molar-refractivity contribution in [3.05, 3.63) is 53.5 Å². The molecule has 21 heavy (non-hydrogen) atoms. The third-order valence-corrected chi connectivity index (χ3v) is 3.84. The molecule has 0 atom stereocenters. The molecule has 1 N–H and O–H groups in total. The number of halogens is 1. The average Bonchev–Trinajstić information content (AvgIpc) is 2.50. The fraction of sp³-hybridized carbons (Fsp3) is 0.353. The van der Waals surface area contributed by atoms with E-state index in [1.54, 1.807) is 12.1 Å². The zero-order valence-corrected chi connectivity index (χ0v) is 12.6. The second kappa shape index (κ2) is 6.22. The molecule has 3 nitrogen and oxygen atoms in total. The lowest BCUT2D eigenvalue weighted by atomic mass is 9.82. The van der Waals surface area contributed by atoms with Crippen molar-refractivity contribution in [3.63, 3.8) is 0 Å². The number of ether oxygens (including phenoxy) is 1. The number of nitrogens with zero attached hydrogens (tertiary/aromatic N) is 1. The zero-order valence-electron chi connectivity index (χ0n) is 12.6. The van der Waals surface area contributed by atoms with Crippen LogP contribution in [0.15, 0.2) is 36.5 Å². The van der Waals surface area contributed by atoms with Crippen LogP contribution in [0.3, 0.4) is 0 Å². The van der Waals surface area contributed by atoms with Crippen molar-refractivity contribution in [1.29, 1.82) is 0 Å². The molecule has 0 unspecified atom stereocenters. The van der Waals surface area contributed by atoms with E-state index >= 15 is 0 Å². The zero-order chi connectivity index (χ0) is 15.5. The summed E-state index contributed by atoms with van der Waals surface area (Å²) in [5, 5.41) is 9.04. The Kier molecular flexibility index (Phi) is 4.58. The van der Waals surface area contributed by atoms with Gasteiger partial charge in [0.05, 0.1) is 6.61 Å². The SMILES string of the molecule is CCC(C)(C)c1ccc(Oc2nccc(CO)c2F)cc1. The number of aliphatic hydroxyl groups is 1. The summed E-state index contributed by atoms with van der Waals surface area (Å²) in [4.78, 5) is 3.86. The molecule has 0 amide bonds. The molecule has 2 aromatic rings. The first kappa shape index (κ1) is 15.4. The van der Waals surface area contributed by atoms with Crippen LogP contribution in [0.1, 0.15) is 38.3 Å². The molecule has 112 valence electrons. The number of aromatic nitrogens is 1. The normalized spacial score (nSPS) is 11.5. The molecule has 0 fully saturated rings. The first-order valence-corrected chi connectivity index (χ1v) is 7.00. The van der Waals surface area contributed by atoms with Gasteiger partial charge in [0.15, 0.2) is 5.82 Å². The summed E-state index contributed by atoms with van der Waals surface area (Å²) in [7, 11) is 0. The highest BCUT2D eigenvalue weighted by Gasteiger charge is 2.18. The summed E-state index contributed by atoms with van der Waals surface area (Å²) in [6.07, 6.45) is 2.44. The van der Waals surface area contributed by atoms with Crippen molar-refractivity contribution in [1.82, 2.24) is 4.98 Å². The molecule has 0 saturated carbocycles. The van der Waals surface area contributed by atoms with E-state index in [0.29, 0.717) is 5.75 Å². The number of pyridine rings is 1. The highest BCUT2D eigenvalue weighted by Crippen LogP contribution is 2.30. The van der Waals surface area contributed by atoms with Crippen LogP contribution in [0.4, 0.5) is 4.39 Å². The van der Waals surface area contributed by atoms with Gasteiger partial charge >= 0.3 is 0 Å². The van der Waals surface area contributed by atoms with Gasteiger partial charge in [0.2, 0.25) is 0 Å². The van der Waals surface area contributed by atoms with Gasteiger partial charge in [0, 0.05) is 11.8 Å². The maximum absolute atomic E-state index is 13.9. The predicted molar refractivity (Wildman–Crippen MR) is 80.0 cm³/mol. The number of aliphatic hydroxyl groups excluding tert-OH is 1. The maximum Gasteiger partial charge on any atom is 0.256 e. The van der Waals surface area contributed by atoms with Gasteiger partial charge in [-0.15, -0.1) is 0 Å². The summed E-state index contributed by atoms with van der Waals surface area (Å²) in [6.45, 7) is 6.11. The molecule has 1 heterocycles. The minimum absolute atomic E-state index is 0.0961. The molecule has 0 aliphatic rings. The highest BCUT2D eigenvalue weighted by molar-refractivity contribution is 5.34. The Balaban J connectivity index is 2.22. The van der Waals surface area contributed by atoms with Gasteiger partial charge in [-0.3, -0.25) is 0 Å². The van der Waals surface area contributed by atoms with E-state index in [-0.39, 0.29) is 23.5 Å². The average molecular weight is 289 g/mol. The minimum Gasteiger partial charge on any atom is -0.436 e. The molecule has 0 aliphatic carbocycles. The fourth-order valence-corrected chi connectivity index (χ4v) is 1.95. The summed E-state index contributed by atoms with van der Waals surface area (Å²) < 4.78 is 19.4. The standard InChI is InChI=1S/C17H20FNO2/c1-4-17(2,3)13-5-7-14(8-6-13)21-16-15(18)12(11-20)9-10-19-16/h5-10,20H,4,11H2,1-3H3. The maximum atomic E-state index is 13.9. The second-order valence-electron chi connectivity index (χ2n) is 5.61. The largest absolute Gasteiger partial charge is 0.436 e. The number of hydrogen-bond acceptors (Lipinski definition) is 3. The molecule has 0 spiro atoms. The van der Waals surface area contributed by atoms with Gasteiger partial charge in [0.25, 0.3) is 5.88 Å². The van der Waals surface area contributed by atoms with Crippen molar-refractivity contribution >= 4 is 0 Å². The Hall–Kier alpha value is -1.94. The van der Waals surface area contributed by atoms with Gasteiger partial charge in [-0.1, -0.05) is 32.9 Å². The molecule has 2 rings (SSSR count). The van der Waals surface area contributed by atoms with Crippen molar-refractivity contribution < 1.29 is 14.2 Å². The Morgan fingerprint density at radius 3 is 2.43 bits per heavy atom. The van der Waals surface area contributed by atoms with E-state index in [2.05, 4.69) is 25.8 Å². The van der Waals surface area contributed by atoms with Crippen LogP contribution in [-0.4, -0.2) is 10.1 Å². The molecule has 0 aliphatic heterocycles. The Morgan fingerprint density at radius 1 is 1.19 bits per heavy atom. The van der Waals surface area contributed by atoms with Gasteiger partial charge in [-0.25, -0.2) is 9.37 Å². The molecular formula is C17H20FNO2. The molecule has 1 aromatic carbocycles. The third-order valence-electron chi connectivity index (χ3n) is 3.84. The third kappa shape index (κ3) is 3.39. The van der Waals surface area contributed by atoms with E-state index in [4.69, 9.17) is 9.84 Å². The van der Waals surface area contributed by atoms with E-state index < -0.39 is 5.82 Å². The number of hydrogen-bond donors (Lipinski definition) is 1. The van der Waals surface area contributed by atoms with E-state index in [1.165, 1.54) is 17.8 Å². The number of benzene rings is 1. The summed E-state index contributed by atoms with van der Waals surface area (Å²) in [5.41, 5.74) is 1.47. The van der Waals surface area contributed by atoms with Crippen LogP contribution < -0.4 is 4.74 Å². The van der Waals surface area contributed by atoms with Crippen LogP contribution in [0.5, 0.6) is 11.6 Å². The first-order valence-electron chi connectivity index (χ1n) is 7.00. The van der Waals surface area contributed by atoms with Crippen molar-refractivity contribution in [2.75, 3.05) is 0 Å². The smallest absolute Gasteiger partial charge is 0.256 e. The lowest BCUT2D eigenvalue weighted by Crippen LogP contribution is -2.14. The second-order valence-corrected chi connectivity index (χ2v) is 5.61. The molecular weight excluding hydrogens is 269 g/mol. The van der Waals surface area contributed by atoms with Crippen molar-refractivity contribution in [2.45, 2.75) is 39.2 Å². The molecule has 0 radical (unpaired) electrons. The van der Waals surface area contributed by atoms with E-state index in [9.17, 15) is 4.39 Å². The topological polar surface area (TPSA) is 42.4 Å². The van der Waals surface area contributed by atoms with Gasteiger partial charge in [0.1, 0.15) is 5.75 Å². The van der Waals surface area contributed by atoms with Crippen LogP contribution in [0, 0.1) is 5.82 Å². The molecule has 1 aromatic heterocycles. The highest BCUT2D eigenvalue weighted by atomic mass is 19.1. The van der Waals surface area contributed by atoms with E-state index in [1.807, 2.05) is 12.1 Å². The quantitative estimate of drug-likeness (QED) is 0.897.